The van der Waals surface area contributed by atoms with Crippen molar-refractivity contribution in [2.24, 2.45) is 5.41 Å². The van der Waals surface area contributed by atoms with Crippen LogP contribution in [0.3, 0.4) is 0 Å². The van der Waals surface area contributed by atoms with Gasteiger partial charge in [-0.1, -0.05) is 18.2 Å². The predicted molar refractivity (Wildman–Crippen MR) is 59.5 cm³/mol. The third-order valence-electron chi connectivity index (χ3n) is 4.18. The fourth-order valence-corrected chi connectivity index (χ4v) is 2.88. The average Bonchev–Trinajstić information content (AvgIpc) is 2.93. The summed E-state index contributed by atoms with van der Waals surface area (Å²) in [5.41, 5.74) is 2.11. The van der Waals surface area contributed by atoms with Crippen LogP contribution >= 0.6 is 0 Å². The molecular formula is C13H17N. The standard InChI is InChI=1S/C13H17N/c1-11-13(7-8-13)9-10-14(11)12-5-3-2-4-6-12/h2-6,11H,7-10H2,1H3. The van der Waals surface area contributed by atoms with Crippen molar-refractivity contribution in [1.82, 2.24) is 0 Å². The topological polar surface area (TPSA) is 3.24 Å². The highest BCUT2D eigenvalue weighted by atomic mass is 15.2. The van der Waals surface area contributed by atoms with Crippen LogP contribution in [0.4, 0.5) is 5.69 Å². The molecule has 1 spiro atoms. The molecule has 74 valence electrons. The van der Waals surface area contributed by atoms with Crippen LogP contribution in [0.5, 0.6) is 0 Å². The van der Waals surface area contributed by atoms with E-state index in [1.54, 1.807) is 0 Å². The van der Waals surface area contributed by atoms with E-state index in [-0.39, 0.29) is 0 Å². The van der Waals surface area contributed by atoms with Gasteiger partial charge in [-0.15, -0.1) is 0 Å². The van der Waals surface area contributed by atoms with E-state index in [0.29, 0.717) is 5.41 Å². The molecule has 0 aromatic heterocycles. The fraction of sp³-hybridized carbons (Fsp3) is 0.538. The number of hydrogen-bond donors (Lipinski definition) is 0. The van der Waals surface area contributed by atoms with Crippen LogP contribution in [0, 0.1) is 5.41 Å². The summed E-state index contributed by atoms with van der Waals surface area (Å²) in [5.74, 6) is 0. The zero-order valence-corrected chi connectivity index (χ0v) is 8.74. The Hall–Kier alpha value is -0.980. The van der Waals surface area contributed by atoms with Crippen molar-refractivity contribution in [3.8, 4) is 0 Å². The van der Waals surface area contributed by atoms with Gasteiger partial charge in [0.15, 0.2) is 0 Å². The van der Waals surface area contributed by atoms with E-state index in [1.807, 2.05) is 0 Å². The van der Waals surface area contributed by atoms with Crippen LogP contribution in [-0.2, 0) is 0 Å². The molecule has 1 aromatic carbocycles. The van der Waals surface area contributed by atoms with Crippen LogP contribution in [0.25, 0.3) is 0 Å². The minimum absolute atomic E-state index is 0.704. The first-order valence-electron chi connectivity index (χ1n) is 5.64. The summed E-state index contributed by atoms with van der Waals surface area (Å²) in [4.78, 5) is 2.58. The average molecular weight is 187 g/mol. The molecule has 1 aliphatic heterocycles. The third-order valence-corrected chi connectivity index (χ3v) is 4.18. The van der Waals surface area contributed by atoms with Crippen molar-refractivity contribution in [2.45, 2.75) is 32.2 Å². The van der Waals surface area contributed by atoms with Gasteiger partial charge in [-0.2, -0.15) is 0 Å². The van der Waals surface area contributed by atoms with Crippen LogP contribution in [0.15, 0.2) is 30.3 Å². The molecule has 1 saturated heterocycles. The molecule has 14 heavy (non-hydrogen) atoms. The Balaban J connectivity index is 1.87. The first kappa shape index (κ1) is 8.34. The quantitative estimate of drug-likeness (QED) is 0.653. The van der Waals surface area contributed by atoms with Gasteiger partial charge in [0.25, 0.3) is 0 Å². The highest BCUT2D eigenvalue weighted by Crippen LogP contribution is 2.57. The zero-order valence-electron chi connectivity index (χ0n) is 8.74. The van der Waals surface area contributed by atoms with E-state index >= 15 is 0 Å². The molecule has 0 bridgehead atoms. The Labute approximate surface area is 85.7 Å². The maximum atomic E-state index is 2.58. The van der Waals surface area contributed by atoms with E-state index in [9.17, 15) is 0 Å². The largest absolute Gasteiger partial charge is 0.368 e. The second-order valence-corrected chi connectivity index (χ2v) is 4.82. The number of hydrogen-bond acceptors (Lipinski definition) is 1. The first-order chi connectivity index (χ1) is 6.82. The van der Waals surface area contributed by atoms with Crippen molar-refractivity contribution in [3.63, 3.8) is 0 Å². The van der Waals surface area contributed by atoms with E-state index in [1.165, 1.54) is 31.5 Å². The predicted octanol–water partition coefficient (Wildman–Crippen LogP) is 3.07. The van der Waals surface area contributed by atoms with Gasteiger partial charge in [-0.3, -0.25) is 0 Å². The summed E-state index contributed by atoms with van der Waals surface area (Å²) in [6, 6.07) is 11.6. The summed E-state index contributed by atoms with van der Waals surface area (Å²) in [7, 11) is 0. The molecule has 1 unspecified atom stereocenters. The van der Waals surface area contributed by atoms with Gasteiger partial charge >= 0.3 is 0 Å². The van der Waals surface area contributed by atoms with Gasteiger partial charge < -0.3 is 4.90 Å². The van der Waals surface area contributed by atoms with E-state index in [4.69, 9.17) is 0 Å². The van der Waals surface area contributed by atoms with Crippen LogP contribution in [0.1, 0.15) is 26.2 Å². The number of para-hydroxylation sites is 1. The van der Waals surface area contributed by atoms with Crippen LogP contribution in [-0.4, -0.2) is 12.6 Å². The molecule has 2 aliphatic rings. The van der Waals surface area contributed by atoms with Crippen LogP contribution in [0.2, 0.25) is 0 Å². The summed E-state index contributed by atoms with van der Waals surface area (Å²) in [6.45, 7) is 3.65. The number of benzene rings is 1. The Morgan fingerprint density at radius 3 is 2.43 bits per heavy atom. The molecule has 3 rings (SSSR count). The molecule has 0 amide bonds. The molecule has 0 N–H and O–H groups in total. The van der Waals surface area contributed by atoms with Gasteiger partial charge in [-0.05, 0) is 43.7 Å². The van der Waals surface area contributed by atoms with Crippen molar-refractivity contribution in [2.75, 3.05) is 11.4 Å². The first-order valence-corrected chi connectivity index (χ1v) is 5.64. The summed E-state index contributed by atoms with van der Waals surface area (Å²) < 4.78 is 0. The lowest BCUT2D eigenvalue weighted by atomic mass is 9.99. The fourth-order valence-electron chi connectivity index (χ4n) is 2.88. The van der Waals surface area contributed by atoms with Crippen LogP contribution < -0.4 is 4.90 Å². The Morgan fingerprint density at radius 2 is 1.86 bits per heavy atom. The molecule has 2 fully saturated rings. The van der Waals surface area contributed by atoms with Gasteiger partial charge in [0.05, 0.1) is 0 Å². The van der Waals surface area contributed by atoms with E-state index < -0.39 is 0 Å². The minimum atomic E-state index is 0.704. The lowest BCUT2D eigenvalue weighted by Crippen LogP contribution is -2.30. The molecule has 1 heterocycles. The Kier molecular flexibility index (Phi) is 1.64. The number of anilines is 1. The highest BCUT2D eigenvalue weighted by Gasteiger charge is 2.53. The molecular weight excluding hydrogens is 170 g/mol. The van der Waals surface area contributed by atoms with Gasteiger partial charge in [-0.25, -0.2) is 0 Å². The lowest BCUT2D eigenvalue weighted by Gasteiger charge is -2.26. The van der Waals surface area contributed by atoms with E-state index in [0.717, 1.165) is 6.04 Å². The number of nitrogens with zero attached hydrogens (tertiary/aromatic N) is 1. The van der Waals surface area contributed by atoms with Crippen molar-refractivity contribution < 1.29 is 0 Å². The van der Waals surface area contributed by atoms with Gasteiger partial charge in [0, 0.05) is 18.3 Å². The molecule has 1 aliphatic carbocycles. The second kappa shape index (κ2) is 2.75. The van der Waals surface area contributed by atoms with Crippen molar-refractivity contribution >= 4 is 5.69 Å². The third kappa shape index (κ3) is 1.08. The SMILES string of the molecule is CC1N(c2ccccc2)CCC12CC2. The summed E-state index contributed by atoms with van der Waals surface area (Å²) in [6.07, 6.45) is 4.32. The normalized spacial score (nSPS) is 28.4. The minimum Gasteiger partial charge on any atom is -0.368 e. The lowest BCUT2D eigenvalue weighted by molar-refractivity contribution is 0.479. The highest BCUT2D eigenvalue weighted by molar-refractivity contribution is 5.49. The maximum Gasteiger partial charge on any atom is 0.0368 e. The molecule has 1 saturated carbocycles. The molecule has 1 atom stereocenters. The van der Waals surface area contributed by atoms with Crippen molar-refractivity contribution in [1.29, 1.82) is 0 Å². The molecule has 0 radical (unpaired) electrons. The summed E-state index contributed by atoms with van der Waals surface area (Å²) in [5, 5.41) is 0. The number of rotatable bonds is 1. The monoisotopic (exact) mass is 187 g/mol. The second-order valence-electron chi connectivity index (χ2n) is 4.82. The van der Waals surface area contributed by atoms with Gasteiger partial charge in [0.2, 0.25) is 0 Å². The smallest absolute Gasteiger partial charge is 0.0368 e. The zero-order chi connectivity index (χ0) is 9.60. The van der Waals surface area contributed by atoms with E-state index in [2.05, 4.69) is 42.2 Å². The van der Waals surface area contributed by atoms with Crippen molar-refractivity contribution in [3.05, 3.63) is 30.3 Å². The maximum absolute atomic E-state index is 2.58. The summed E-state index contributed by atoms with van der Waals surface area (Å²) >= 11 is 0. The molecule has 1 aromatic rings. The molecule has 1 nitrogen and oxygen atoms in total. The Morgan fingerprint density at radius 1 is 1.14 bits per heavy atom. The van der Waals surface area contributed by atoms with Gasteiger partial charge in [0.1, 0.15) is 0 Å². The molecule has 1 heteroatoms. The Bertz CT molecular complexity index is 326.